The molecule has 0 unspecified atom stereocenters. The summed E-state index contributed by atoms with van der Waals surface area (Å²) in [7, 11) is 0. The summed E-state index contributed by atoms with van der Waals surface area (Å²) in [6.07, 6.45) is 1.82. The summed E-state index contributed by atoms with van der Waals surface area (Å²) in [6, 6.07) is 56.6. The van der Waals surface area contributed by atoms with Crippen molar-refractivity contribution in [3.05, 3.63) is 176 Å². The minimum atomic E-state index is -0.243. The lowest BCUT2D eigenvalue weighted by molar-refractivity contribution is 0.630. The van der Waals surface area contributed by atoms with E-state index in [1.807, 2.05) is 30.5 Å². The largest absolute Gasteiger partial charge is 0.256 e. The van der Waals surface area contributed by atoms with Gasteiger partial charge in [-0.05, 0) is 119 Å². The highest BCUT2D eigenvalue weighted by atomic mass is 19.1. The number of fused-ring (bicyclic) bond motifs is 4. The molecule has 0 saturated heterocycles. The van der Waals surface area contributed by atoms with Crippen molar-refractivity contribution in [2.45, 2.75) is 0 Å². The number of benzene rings is 8. The second-order valence-electron chi connectivity index (χ2n) is 12.1. The van der Waals surface area contributed by atoms with Crippen LogP contribution in [0.15, 0.2) is 170 Å². The smallest absolute Gasteiger partial charge is 0.123 e. The Morgan fingerprint density at radius 1 is 0.340 bits per heavy atom. The standard InChI is InChI=1S/C45H28FN/c46-38-21-23-40-42(28-38)45(37-19-15-30-8-2-4-10-34(30)26-37)39-22-20-35(31-12-16-32(17-13-31)43-11-5-6-24-47-43)27-41(39)44(40)36-18-14-29-7-1-3-9-33(29)25-36/h1-28H. The zero-order valence-corrected chi connectivity index (χ0v) is 25.5. The zero-order chi connectivity index (χ0) is 31.3. The Labute approximate surface area is 272 Å². The van der Waals surface area contributed by atoms with Crippen molar-refractivity contribution in [3.8, 4) is 44.6 Å². The Balaban J connectivity index is 1.34. The summed E-state index contributed by atoms with van der Waals surface area (Å²) in [5.74, 6) is -0.243. The first-order chi connectivity index (χ1) is 23.2. The van der Waals surface area contributed by atoms with Crippen LogP contribution in [0.4, 0.5) is 4.39 Å². The molecule has 0 aliphatic rings. The van der Waals surface area contributed by atoms with Crippen LogP contribution < -0.4 is 0 Å². The number of hydrogen-bond acceptors (Lipinski definition) is 1. The van der Waals surface area contributed by atoms with Gasteiger partial charge < -0.3 is 0 Å². The monoisotopic (exact) mass is 601 g/mol. The fourth-order valence-electron chi connectivity index (χ4n) is 7.06. The van der Waals surface area contributed by atoms with Gasteiger partial charge in [0.2, 0.25) is 0 Å². The Morgan fingerprint density at radius 3 is 1.47 bits per heavy atom. The SMILES string of the molecule is Fc1ccc2c(-c3ccc4ccccc4c3)c3cc(-c4ccc(-c5ccccn5)cc4)ccc3c(-c3ccc4ccccc4c3)c2c1. The van der Waals surface area contributed by atoms with Crippen LogP contribution in [0.5, 0.6) is 0 Å². The van der Waals surface area contributed by atoms with Crippen molar-refractivity contribution in [3.63, 3.8) is 0 Å². The lowest BCUT2D eigenvalue weighted by Crippen LogP contribution is -1.93. The van der Waals surface area contributed by atoms with E-state index in [1.165, 1.54) is 16.2 Å². The summed E-state index contributed by atoms with van der Waals surface area (Å²) in [6.45, 7) is 0. The van der Waals surface area contributed by atoms with Crippen molar-refractivity contribution in [1.82, 2.24) is 4.98 Å². The molecule has 2 heteroatoms. The van der Waals surface area contributed by atoms with Gasteiger partial charge in [-0.3, -0.25) is 4.98 Å². The van der Waals surface area contributed by atoms with E-state index in [0.29, 0.717) is 0 Å². The molecular formula is C45H28FN. The van der Waals surface area contributed by atoms with Gasteiger partial charge in [0.25, 0.3) is 0 Å². The third-order valence-corrected chi connectivity index (χ3v) is 9.33. The minimum Gasteiger partial charge on any atom is -0.256 e. The number of halogens is 1. The van der Waals surface area contributed by atoms with Crippen LogP contribution in [0.2, 0.25) is 0 Å². The summed E-state index contributed by atoms with van der Waals surface area (Å²) < 4.78 is 15.2. The van der Waals surface area contributed by atoms with E-state index in [2.05, 4.69) is 132 Å². The average molecular weight is 602 g/mol. The molecule has 0 amide bonds. The second kappa shape index (κ2) is 11.0. The van der Waals surface area contributed by atoms with E-state index in [9.17, 15) is 0 Å². The van der Waals surface area contributed by atoms with Crippen molar-refractivity contribution in [1.29, 1.82) is 0 Å². The van der Waals surface area contributed by atoms with Crippen LogP contribution in [0.3, 0.4) is 0 Å². The Bertz CT molecular complexity index is 2620. The molecule has 0 N–H and O–H groups in total. The van der Waals surface area contributed by atoms with Crippen LogP contribution >= 0.6 is 0 Å². The molecule has 0 atom stereocenters. The van der Waals surface area contributed by atoms with Crippen LogP contribution in [-0.2, 0) is 0 Å². The highest BCUT2D eigenvalue weighted by Crippen LogP contribution is 2.46. The van der Waals surface area contributed by atoms with Gasteiger partial charge in [0.05, 0.1) is 5.69 Å². The van der Waals surface area contributed by atoms with Crippen LogP contribution in [-0.4, -0.2) is 4.98 Å². The van der Waals surface area contributed by atoms with E-state index in [4.69, 9.17) is 0 Å². The second-order valence-corrected chi connectivity index (χ2v) is 12.1. The van der Waals surface area contributed by atoms with Gasteiger partial charge >= 0.3 is 0 Å². The van der Waals surface area contributed by atoms with Gasteiger partial charge in [-0.2, -0.15) is 0 Å². The lowest BCUT2D eigenvalue weighted by Gasteiger charge is -2.19. The van der Waals surface area contributed by atoms with Gasteiger partial charge in [0.15, 0.2) is 0 Å². The Hall–Kier alpha value is -6.12. The number of aromatic nitrogens is 1. The highest BCUT2D eigenvalue weighted by Gasteiger charge is 2.19. The average Bonchev–Trinajstić information content (AvgIpc) is 3.13. The molecule has 1 nitrogen and oxygen atoms in total. The first-order valence-corrected chi connectivity index (χ1v) is 15.9. The first kappa shape index (κ1) is 27.2. The number of pyridine rings is 1. The molecule has 0 saturated carbocycles. The third-order valence-electron chi connectivity index (χ3n) is 9.33. The minimum absolute atomic E-state index is 0.243. The van der Waals surface area contributed by atoms with E-state index in [-0.39, 0.29) is 5.82 Å². The molecule has 47 heavy (non-hydrogen) atoms. The maximum atomic E-state index is 15.2. The summed E-state index contributed by atoms with van der Waals surface area (Å²) in [4.78, 5) is 4.52. The molecule has 0 aliphatic heterocycles. The van der Waals surface area contributed by atoms with Crippen molar-refractivity contribution >= 4 is 43.1 Å². The summed E-state index contributed by atoms with van der Waals surface area (Å²) >= 11 is 0. The van der Waals surface area contributed by atoms with Crippen LogP contribution in [0, 0.1) is 5.82 Å². The quantitative estimate of drug-likeness (QED) is 0.183. The Kier molecular flexibility index (Phi) is 6.39. The fourth-order valence-corrected chi connectivity index (χ4v) is 7.06. The molecule has 0 radical (unpaired) electrons. The zero-order valence-electron chi connectivity index (χ0n) is 25.5. The van der Waals surface area contributed by atoms with Crippen LogP contribution in [0.25, 0.3) is 87.7 Å². The molecule has 0 bridgehead atoms. The topological polar surface area (TPSA) is 12.9 Å². The van der Waals surface area contributed by atoms with Gasteiger partial charge in [0.1, 0.15) is 5.82 Å². The van der Waals surface area contributed by atoms with E-state index in [1.54, 1.807) is 12.1 Å². The lowest BCUT2D eigenvalue weighted by atomic mass is 9.84. The Morgan fingerprint density at radius 2 is 0.851 bits per heavy atom. The van der Waals surface area contributed by atoms with Gasteiger partial charge in [-0.25, -0.2) is 4.39 Å². The molecule has 0 fully saturated rings. The number of hydrogen-bond donors (Lipinski definition) is 0. The normalized spacial score (nSPS) is 11.5. The number of rotatable bonds is 4. The molecular weight excluding hydrogens is 574 g/mol. The predicted octanol–water partition coefficient (Wildman–Crippen LogP) is 12.5. The third kappa shape index (κ3) is 4.74. The number of nitrogens with zero attached hydrogens (tertiary/aromatic N) is 1. The highest BCUT2D eigenvalue weighted by molar-refractivity contribution is 6.22. The molecule has 9 aromatic rings. The summed E-state index contributed by atoms with van der Waals surface area (Å²) in [5, 5.41) is 8.87. The predicted molar refractivity (Wildman–Crippen MR) is 196 cm³/mol. The fraction of sp³-hybridized carbons (Fsp3) is 0. The maximum Gasteiger partial charge on any atom is 0.123 e. The first-order valence-electron chi connectivity index (χ1n) is 15.9. The van der Waals surface area contributed by atoms with Crippen molar-refractivity contribution in [2.24, 2.45) is 0 Å². The molecule has 1 aromatic heterocycles. The van der Waals surface area contributed by atoms with Crippen LogP contribution in [0.1, 0.15) is 0 Å². The van der Waals surface area contributed by atoms with Gasteiger partial charge in [0, 0.05) is 11.8 Å². The van der Waals surface area contributed by atoms with Gasteiger partial charge in [-0.1, -0.05) is 121 Å². The van der Waals surface area contributed by atoms with Gasteiger partial charge in [-0.15, -0.1) is 0 Å². The molecule has 1 heterocycles. The molecule has 0 spiro atoms. The van der Waals surface area contributed by atoms with E-state index >= 15 is 4.39 Å². The molecule has 220 valence electrons. The molecule has 0 aliphatic carbocycles. The van der Waals surface area contributed by atoms with Crippen molar-refractivity contribution in [2.75, 3.05) is 0 Å². The molecule has 9 rings (SSSR count). The van der Waals surface area contributed by atoms with E-state index in [0.717, 1.165) is 71.6 Å². The maximum absolute atomic E-state index is 15.2. The van der Waals surface area contributed by atoms with E-state index < -0.39 is 0 Å². The molecule has 8 aromatic carbocycles. The summed E-state index contributed by atoms with van der Waals surface area (Å²) in [5.41, 5.74) is 8.62. The van der Waals surface area contributed by atoms with Crippen molar-refractivity contribution < 1.29 is 4.39 Å².